The van der Waals surface area contributed by atoms with Crippen LogP contribution >= 0.6 is 0 Å². The fourth-order valence-corrected chi connectivity index (χ4v) is 4.39. The van der Waals surface area contributed by atoms with Gasteiger partial charge in [0, 0.05) is 43.4 Å². The quantitative estimate of drug-likeness (QED) is 0.288. The maximum atomic E-state index is 12.0. The number of methoxy groups -OCH3 is 1. The first-order valence-electron chi connectivity index (χ1n) is 11.4. The number of nitrogens with zero attached hydrogens (tertiary/aromatic N) is 5. The number of hydrogen-bond donors (Lipinski definition) is 0. The Labute approximate surface area is 202 Å². The number of nitro benzene ring substituents is 1. The van der Waals surface area contributed by atoms with E-state index in [0.29, 0.717) is 30.2 Å². The van der Waals surface area contributed by atoms with Crippen LogP contribution in [0.1, 0.15) is 5.56 Å². The summed E-state index contributed by atoms with van der Waals surface area (Å²) in [5.41, 5.74) is 4.05. The van der Waals surface area contributed by atoms with Gasteiger partial charge in [-0.3, -0.25) is 10.1 Å². The van der Waals surface area contributed by atoms with Crippen LogP contribution in [0.4, 0.5) is 17.1 Å². The highest BCUT2D eigenvalue weighted by Gasteiger charge is 2.26. The molecule has 9 heteroatoms. The number of ether oxygens (including phenoxy) is 1. The fourth-order valence-electron chi connectivity index (χ4n) is 4.39. The van der Waals surface area contributed by atoms with E-state index in [1.807, 2.05) is 60.4 Å². The lowest BCUT2D eigenvalue weighted by Gasteiger charge is -2.37. The average molecular weight is 472 g/mol. The zero-order valence-corrected chi connectivity index (χ0v) is 19.5. The Morgan fingerprint density at radius 3 is 2.37 bits per heavy atom. The van der Waals surface area contributed by atoms with Crippen LogP contribution < -0.4 is 14.5 Å². The largest absolute Gasteiger partial charge is 0.495 e. The zero-order valence-electron chi connectivity index (χ0n) is 19.5. The number of aryl methyl sites for hydroxylation is 1. The smallest absolute Gasteiger partial charge is 0.293 e. The lowest BCUT2D eigenvalue weighted by Crippen LogP contribution is -2.46. The van der Waals surface area contributed by atoms with Gasteiger partial charge in [0.1, 0.15) is 11.4 Å². The Kier molecular flexibility index (Phi) is 6.05. The highest BCUT2D eigenvalue weighted by molar-refractivity contribution is 5.72. The van der Waals surface area contributed by atoms with Crippen molar-refractivity contribution in [1.82, 2.24) is 10.1 Å². The molecule has 3 aromatic carbocycles. The molecule has 0 bridgehead atoms. The molecule has 5 rings (SSSR count). The molecule has 4 aromatic rings. The Balaban J connectivity index is 1.37. The van der Waals surface area contributed by atoms with Gasteiger partial charge in [0.05, 0.1) is 17.7 Å². The molecule has 0 saturated carbocycles. The number of anilines is 2. The Bertz CT molecular complexity index is 1360. The molecule has 0 amide bonds. The molecule has 0 radical (unpaired) electrons. The minimum atomic E-state index is -0.358. The van der Waals surface area contributed by atoms with Crippen LogP contribution in [-0.4, -0.2) is 48.4 Å². The van der Waals surface area contributed by atoms with E-state index in [-0.39, 0.29) is 16.5 Å². The summed E-state index contributed by atoms with van der Waals surface area (Å²) >= 11 is 0. The first-order chi connectivity index (χ1) is 17.0. The SMILES string of the molecule is COc1ccccc1N1CCN(c2ccc(-c3nc(-c4cccc(C)c4)no3)cc2[N+](=O)[O-])CC1. The van der Waals surface area contributed by atoms with Crippen molar-refractivity contribution in [2.24, 2.45) is 0 Å². The van der Waals surface area contributed by atoms with Crippen LogP contribution in [0.2, 0.25) is 0 Å². The van der Waals surface area contributed by atoms with Crippen molar-refractivity contribution in [3.63, 3.8) is 0 Å². The Morgan fingerprint density at radius 2 is 1.66 bits per heavy atom. The fraction of sp³-hybridized carbons (Fsp3) is 0.231. The van der Waals surface area contributed by atoms with Gasteiger partial charge in [0.25, 0.3) is 11.6 Å². The first-order valence-corrected chi connectivity index (χ1v) is 11.4. The molecular weight excluding hydrogens is 446 g/mol. The molecule has 0 spiro atoms. The molecule has 1 aromatic heterocycles. The predicted molar refractivity (Wildman–Crippen MR) is 134 cm³/mol. The van der Waals surface area contributed by atoms with E-state index in [0.717, 1.165) is 35.7 Å². The normalized spacial score (nSPS) is 13.7. The van der Waals surface area contributed by atoms with Gasteiger partial charge in [-0.1, -0.05) is 41.1 Å². The molecule has 9 nitrogen and oxygen atoms in total. The molecular formula is C26H25N5O4. The molecule has 178 valence electrons. The minimum Gasteiger partial charge on any atom is -0.495 e. The Hall–Kier alpha value is -4.40. The van der Waals surface area contributed by atoms with Crippen molar-refractivity contribution >= 4 is 17.1 Å². The summed E-state index contributed by atoms with van der Waals surface area (Å²) in [5.74, 6) is 1.51. The second-order valence-electron chi connectivity index (χ2n) is 8.40. The summed E-state index contributed by atoms with van der Waals surface area (Å²) < 4.78 is 10.9. The van der Waals surface area contributed by atoms with E-state index in [4.69, 9.17) is 9.26 Å². The van der Waals surface area contributed by atoms with Gasteiger partial charge in [-0.05, 0) is 37.3 Å². The third kappa shape index (κ3) is 4.52. The number of para-hydroxylation sites is 2. The summed E-state index contributed by atoms with van der Waals surface area (Å²) in [7, 11) is 1.66. The second kappa shape index (κ2) is 9.46. The standard InChI is InChI=1S/C26H25N5O4/c1-18-6-5-7-19(16-18)25-27-26(35-28-25)20-10-11-21(23(17-20)31(32)33)29-12-14-30(15-13-29)22-8-3-4-9-24(22)34-2/h3-11,16-17H,12-15H2,1-2H3. The second-order valence-corrected chi connectivity index (χ2v) is 8.40. The van der Waals surface area contributed by atoms with Crippen molar-refractivity contribution in [1.29, 1.82) is 0 Å². The van der Waals surface area contributed by atoms with Gasteiger partial charge in [0.2, 0.25) is 5.82 Å². The number of aromatic nitrogens is 2. The number of hydrogen-bond acceptors (Lipinski definition) is 8. The van der Waals surface area contributed by atoms with E-state index >= 15 is 0 Å². The first kappa shape index (κ1) is 22.4. The van der Waals surface area contributed by atoms with E-state index in [9.17, 15) is 10.1 Å². The highest BCUT2D eigenvalue weighted by Crippen LogP contribution is 2.35. The van der Waals surface area contributed by atoms with Gasteiger partial charge in [0.15, 0.2) is 0 Å². The van der Waals surface area contributed by atoms with Gasteiger partial charge >= 0.3 is 0 Å². The summed E-state index contributed by atoms with van der Waals surface area (Å²) in [6.45, 7) is 4.74. The van der Waals surface area contributed by atoms with E-state index in [1.54, 1.807) is 19.2 Å². The van der Waals surface area contributed by atoms with Crippen LogP contribution in [0.15, 0.2) is 71.3 Å². The lowest BCUT2D eigenvalue weighted by molar-refractivity contribution is -0.384. The van der Waals surface area contributed by atoms with Crippen molar-refractivity contribution in [2.75, 3.05) is 43.1 Å². The third-order valence-corrected chi connectivity index (χ3v) is 6.17. The molecule has 35 heavy (non-hydrogen) atoms. The third-order valence-electron chi connectivity index (χ3n) is 6.17. The van der Waals surface area contributed by atoms with Gasteiger partial charge < -0.3 is 19.1 Å². The summed E-state index contributed by atoms with van der Waals surface area (Å²) in [5, 5.41) is 16.0. The van der Waals surface area contributed by atoms with Crippen molar-refractivity contribution in [3.8, 4) is 28.6 Å². The van der Waals surface area contributed by atoms with Crippen LogP contribution in [0.3, 0.4) is 0 Å². The molecule has 0 unspecified atom stereocenters. The minimum absolute atomic E-state index is 0.0172. The predicted octanol–water partition coefficient (Wildman–Crippen LogP) is 4.96. The zero-order chi connectivity index (χ0) is 24.4. The van der Waals surface area contributed by atoms with E-state index in [1.165, 1.54) is 6.07 Å². The van der Waals surface area contributed by atoms with Gasteiger partial charge in [-0.25, -0.2) is 0 Å². The van der Waals surface area contributed by atoms with Crippen LogP contribution in [0.5, 0.6) is 5.75 Å². The summed E-state index contributed by atoms with van der Waals surface area (Å²) in [4.78, 5) is 20.3. The molecule has 1 saturated heterocycles. The highest BCUT2D eigenvalue weighted by atomic mass is 16.6. The maximum Gasteiger partial charge on any atom is 0.293 e. The van der Waals surface area contributed by atoms with E-state index in [2.05, 4.69) is 15.0 Å². The van der Waals surface area contributed by atoms with Crippen LogP contribution in [-0.2, 0) is 0 Å². The molecule has 2 heterocycles. The molecule has 1 aliphatic heterocycles. The number of benzene rings is 3. The number of piperazine rings is 1. The molecule has 0 aliphatic carbocycles. The lowest BCUT2D eigenvalue weighted by atomic mass is 10.1. The molecule has 1 aliphatic rings. The van der Waals surface area contributed by atoms with Gasteiger partial charge in [-0.15, -0.1) is 0 Å². The summed E-state index contributed by atoms with van der Waals surface area (Å²) in [6, 6.07) is 20.7. The molecule has 1 fully saturated rings. The van der Waals surface area contributed by atoms with Crippen LogP contribution in [0.25, 0.3) is 22.8 Å². The van der Waals surface area contributed by atoms with Crippen molar-refractivity contribution < 1.29 is 14.2 Å². The number of rotatable bonds is 6. The van der Waals surface area contributed by atoms with E-state index < -0.39 is 0 Å². The maximum absolute atomic E-state index is 12.0. The van der Waals surface area contributed by atoms with Crippen molar-refractivity contribution in [2.45, 2.75) is 6.92 Å². The average Bonchev–Trinajstić information content (AvgIpc) is 3.39. The van der Waals surface area contributed by atoms with Crippen LogP contribution in [0, 0.1) is 17.0 Å². The topological polar surface area (TPSA) is 97.8 Å². The molecule has 0 N–H and O–H groups in total. The number of nitro groups is 1. The summed E-state index contributed by atoms with van der Waals surface area (Å²) in [6.07, 6.45) is 0. The van der Waals surface area contributed by atoms with Gasteiger partial charge in [-0.2, -0.15) is 4.98 Å². The van der Waals surface area contributed by atoms with Crippen molar-refractivity contribution in [3.05, 3.63) is 82.4 Å². The Morgan fingerprint density at radius 1 is 0.914 bits per heavy atom. The molecule has 0 atom stereocenters. The monoisotopic (exact) mass is 471 g/mol.